The van der Waals surface area contributed by atoms with Gasteiger partial charge in [0.25, 0.3) is 11.8 Å². The zero-order valence-corrected chi connectivity index (χ0v) is 17.5. The molecular formula is C22H27N3O6. The van der Waals surface area contributed by atoms with Gasteiger partial charge in [-0.1, -0.05) is 18.2 Å². The summed E-state index contributed by atoms with van der Waals surface area (Å²) in [5.74, 6) is -0.0587. The maximum Gasteiger partial charge on any atom is 0.303 e. The number of nitrogens with one attached hydrogen (secondary N) is 1. The van der Waals surface area contributed by atoms with Gasteiger partial charge in [0.05, 0.1) is 6.54 Å². The molecule has 3 rings (SSSR count). The molecule has 1 atom stereocenters. The van der Waals surface area contributed by atoms with Crippen molar-refractivity contribution in [1.29, 1.82) is 0 Å². The molecule has 9 nitrogen and oxygen atoms in total. The molecule has 1 saturated heterocycles. The van der Waals surface area contributed by atoms with Crippen molar-refractivity contribution >= 4 is 17.8 Å². The highest BCUT2D eigenvalue weighted by atomic mass is 16.5. The van der Waals surface area contributed by atoms with Gasteiger partial charge in [-0.25, -0.2) is 0 Å². The van der Waals surface area contributed by atoms with E-state index in [1.807, 2.05) is 6.07 Å². The van der Waals surface area contributed by atoms with E-state index >= 15 is 0 Å². The predicted octanol–water partition coefficient (Wildman–Crippen LogP) is 1.13. The molecule has 1 aliphatic heterocycles. The molecule has 2 heterocycles. The fourth-order valence-electron chi connectivity index (χ4n) is 3.36. The number of furan rings is 1. The highest BCUT2D eigenvalue weighted by Crippen LogP contribution is 2.14. The van der Waals surface area contributed by atoms with Crippen LogP contribution in [0.5, 0.6) is 0 Å². The number of amides is 2. The molecule has 1 aromatic carbocycles. The van der Waals surface area contributed by atoms with Gasteiger partial charge >= 0.3 is 5.97 Å². The quantitative estimate of drug-likeness (QED) is 0.501. The summed E-state index contributed by atoms with van der Waals surface area (Å²) in [6.45, 7) is 4.29. The largest absolute Gasteiger partial charge is 0.461 e. The van der Waals surface area contributed by atoms with Crippen molar-refractivity contribution in [3.8, 4) is 0 Å². The summed E-state index contributed by atoms with van der Waals surface area (Å²) >= 11 is 0. The first kappa shape index (κ1) is 22.5. The van der Waals surface area contributed by atoms with Gasteiger partial charge in [-0.2, -0.15) is 0 Å². The molecule has 0 aliphatic carbocycles. The minimum absolute atomic E-state index is 0.101. The Morgan fingerprint density at radius 2 is 1.81 bits per heavy atom. The van der Waals surface area contributed by atoms with Crippen molar-refractivity contribution in [1.82, 2.24) is 15.1 Å². The molecule has 0 saturated carbocycles. The predicted molar refractivity (Wildman–Crippen MR) is 111 cm³/mol. The second kappa shape index (κ2) is 10.7. The number of carbonyl (C=O) groups is 3. The van der Waals surface area contributed by atoms with E-state index in [2.05, 4.69) is 10.2 Å². The van der Waals surface area contributed by atoms with Gasteiger partial charge in [-0.05, 0) is 30.7 Å². The first-order valence-electron chi connectivity index (χ1n) is 10.2. The van der Waals surface area contributed by atoms with Gasteiger partial charge in [0.1, 0.15) is 18.1 Å². The summed E-state index contributed by atoms with van der Waals surface area (Å²) in [4.78, 5) is 39.4. The average Bonchev–Trinajstić information content (AvgIpc) is 3.08. The third-order valence-electron chi connectivity index (χ3n) is 4.95. The normalized spacial score (nSPS) is 15.7. The van der Waals surface area contributed by atoms with Crippen LogP contribution in [0.3, 0.4) is 0 Å². The Bertz CT molecular complexity index is 898. The highest BCUT2D eigenvalue weighted by Gasteiger charge is 2.26. The number of benzene rings is 1. The summed E-state index contributed by atoms with van der Waals surface area (Å²) < 4.78 is 10.6. The monoisotopic (exact) mass is 429 g/mol. The van der Waals surface area contributed by atoms with Crippen molar-refractivity contribution in [3.63, 3.8) is 0 Å². The number of rotatable bonds is 7. The molecule has 0 spiro atoms. The average molecular weight is 429 g/mol. The van der Waals surface area contributed by atoms with Crippen LogP contribution in [0.1, 0.15) is 35.2 Å². The van der Waals surface area contributed by atoms with Crippen LogP contribution in [-0.4, -0.2) is 65.1 Å². The van der Waals surface area contributed by atoms with Gasteiger partial charge < -0.3 is 24.5 Å². The Labute approximate surface area is 180 Å². The first-order valence-corrected chi connectivity index (χ1v) is 10.2. The minimum Gasteiger partial charge on any atom is -0.461 e. The summed E-state index contributed by atoms with van der Waals surface area (Å²) in [6, 6.07) is 12.1. The second-order valence-corrected chi connectivity index (χ2v) is 7.35. The number of ether oxygens (including phenoxy) is 1. The molecule has 1 unspecified atom stereocenters. The van der Waals surface area contributed by atoms with Crippen LogP contribution in [0.15, 0.2) is 46.9 Å². The SMILES string of the molecule is CC(=O)OCc1ccc(CN2CCCN(C(=O)C(O)NC(=O)c3ccccc3)CC2)o1. The fraction of sp³-hybridized carbons (Fsp3) is 0.409. The molecule has 0 bridgehead atoms. The van der Waals surface area contributed by atoms with Crippen LogP contribution in [0, 0.1) is 0 Å². The zero-order chi connectivity index (χ0) is 22.2. The third-order valence-corrected chi connectivity index (χ3v) is 4.95. The van der Waals surface area contributed by atoms with Crippen LogP contribution in [0.4, 0.5) is 0 Å². The van der Waals surface area contributed by atoms with E-state index in [4.69, 9.17) is 9.15 Å². The molecule has 2 N–H and O–H groups in total. The van der Waals surface area contributed by atoms with Crippen molar-refractivity contribution in [2.75, 3.05) is 26.2 Å². The lowest BCUT2D eigenvalue weighted by Gasteiger charge is -2.24. The molecular weight excluding hydrogens is 402 g/mol. The number of hydrogen-bond donors (Lipinski definition) is 2. The number of aliphatic hydroxyl groups excluding tert-OH is 1. The van der Waals surface area contributed by atoms with Gasteiger partial charge in [-0.15, -0.1) is 0 Å². The molecule has 1 fully saturated rings. The lowest BCUT2D eigenvalue weighted by Crippen LogP contribution is -2.49. The van der Waals surface area contributed by atoms with Gasteiger partial charge in [0.15, 0.2) is 0 Å². The number of aliphatic hydroxyl groups is 1. The Hall–Kier alpha value is -3.17. The van der Waals surface area contributed by atoms with Crippen molar-refractivity contribution in [3.05, 3.63) is 59.5 Å². The maximum atomic E-state index is 12.6. The minimum atomic E-state index is -1.59. The van der Waals surface area contributed by atoms with E-state index in [1.165, 1.54) is 6.92 Å². The fourth-order valence-corrected chi connectivity index (χ4v) is 3.36. The van der Waals surface area contributed by atoms with Crippen molar-refractivity contribution < 1.29 is 28.6 Å². The maximum absolute atomic E-state index is 12.6. The Morgan fingerprint density at radius 3 is 2.55 bits per heavy atom. The van der Waals surface area contributed by atoms with Crippen molar-refractivity contribution in [2.24, 2.45) is 0 Å². The highest BCUT2D eigenvalue weighted by molar-refractivity contribution is 5.97. The number of nitrogens with zero attached hydrogens (tertiary/aromatic N) is 2. The molecule has 9 heteroatoms. The molecule has 0 radical (unpaired) electrons. The van der Waals surface area contributed by atoms with Crippen LogP contribution >= 0.6 is 0 Å². The summed E-state index contributed by atoms with van der Waals surface area (Å²) in [5, 5.41) is 12.5. The van der Waals surface area contributed by atoms with E-state index in [1.54, 1.807) is 41.3 Å². The smallest absolute Gasteiger partial charge is 0.303 e. The molecule has 1 aromatic heterocycles. The summed E-state index contributed by atoms with van der Waals surface area (Å²) in [6.07, 6.45) is -0.861. The van der Waals surface area contributed by atoms with Gasteiger partial charge in [0.2, 0.25) is 6.23 Å². The topological polar surface area (TPSA) is 112 Å². The second-order valence-electron chi connectivity index (χ2n) is 7.35. The van der Waals surface area contributed by atoms with E-state index in [0.29, 0.717) is 37.5 Å². The van der Waals surface area contributed by atoms with E-state index in [0.717, 1.165) is 18.7 Å². The van der Waals surface area contributed by atoms with E-state index in [-0.39, 0.29) is 12.6 Å². The summed E-state index contributed by atoms with van der Waals surface area (Å²) in [7, 11) is 0. The van der Waals surface area contributed by atoms with E-state index < -0.39 is 18.0 Å². The van der Waals surface area contributed by atoms with Gasteiger partial charge in [-0.3, -0.25) is 19.3 Å². The van der Waals surface area contributed by atoms with Gasteiger partial charge in [0, 0.05) is 38.7 Å². The molecule has 1 aliphatic rings. The lowest BCUT2D eigenvalue weighted by atomic mass is 10.2. The van der Waals surface area contributed by atoms with Crippen LogP contribution < -0.4 is 5.32 Å². The summed E-state index contributed by atoms with van der Waals surface area (Å²) in [5.41, 5.74) is 0.378. The molecule has 2 aromatic rings. The number of esters is 1. The Balaban J connectivity index is 1.48. The van der Waals surface area contributed by atoms with Crippen molar-refractivity contribution in [2.45, 2.75) is 32.7 Å². The van der Waals surface area contributed by atoms with Crippen LogP contribution in [0.2, 0.25) is 0 Å². The molecule has 2 amide bonds. The zero-order valence-electron chi connectivity index (χ0n) is 17.5. The number of carbonyl (C=O) groups excluding carboxylic acids is 3. The standard InChI is InChI=1S/C22H27N3O6/c1-16(26)30-15-19-9-8-18(31-19)14-24-10-5-11-25(13-12-24)22(29)21(28)23-20(27)17-6-3-2-4-7-17/h2-4,6-9,21,28H,5,10-15H2,1H3,(H,23,27). The van der Waals surface area contributed by atoms with Crippen LogP contribution in [0.25, 0.3) is 0 Å². The molecule has 166 valence electrons. The van der Waals surface area contributed by atoms with E-state index in [9.17, 15) is 19.5 Å². The Kier molecular flexibility index (Phi) is 7.80. The third kappa shape index (κ3) is 6.66. The lowest BCUT2D eigenvalue weighted by molar-refractivity contribution is -0.143. The van der Waals surface area contributed by atoms with Crippen LogP contribution in [-0.2, 0) is 27.5 Å². The Morgan fingerprint density at radius 1 is 1.06 bits per heavy atom. The number of hydrogen-bond acceptors (Lipinski definition) is 7. The molecule has 31 heavy (non-hydrogen) atoms. The first-order chi connectivity index (χ1) is 14.9.